The van der Waals surface area contributed by atoms with Gasteiger partial charge >= 0.3 is 0 Å². The maximum absolute atomic E-state index is 12.7. The summed E-state index contributed by atoms with van der Waals surface area (Å²) in [5.41, 5.74) is 1.49. The van der Waals surface area contributed by atoms with Crippen LogP contribution in [0.25, 0.3) is 16.4 Å². The molecule has 0 aliphatic carbocycles. The Morgan fingerprint density at radius 3 is 2.68 bits per heavy atom. The van der Waals surface area contributed by atoms with Crippen molar-refractivity contribution in [2.45, 2.75) is 6.61 Å². The van der Waals surface area contributed by atoms with Gasteiger partial charge in [-0.15, -0.1) is 15.3 Å². The van der Waals surface area contributed by atoms with Crippen LogP contribution in [0.2, 0.25) is 0 Å². The SMILES string of the molecule is COC/C(O)=C/C(=N)c1nnc2c3ccccc3c(OCc3ccc(C(=O)N4CCOCC4)cn3)nn12. The van der Waals surface area contributed by atoms with Crippen molar-refractivity contribution < 1.29 is 24.1 Å². The third kappa shape index (κ3) is 5.10. The molecule has 0 bridgehead atoms. The van der Waals surface area contributed by atoms with E-state index in [9.17, 15) is 9.90 Å². The van der Waals surface area contributed by atoms with E-state index in [2.05, 4.69) is 20.3 Å². The van der Waals surface area contributed by atoms with E-state index in [1.54, 1.807) is 23.2 Å². The Hall–Kier alpha value is -4.42. The summed E-state index contributed by atoms with van der Waals surface area (Å²) in [6.07, 6.45) is 2.78. The van der Waals surface area contributed by atoms with Crippen LogP contribution in [-0.2, 0) is 16.1 Å². The lowest BCUT2D eigenvalue weighted by Crippen LogP contribution is -2.40. The third-order valence-electron chi connectivity index (χ3n) is 5.80. The second kappa shape index (κ2) is 10.7. The molecule has 1 aliphatic rings. The van der Waals surface area contributed by atoms with Gasteiger partial charge in [0.2, 0.25) is 11.7 Å². The summed E-state index contributed by atoms with van der Waals surface area (Å²) in [5.74, 6) is 0.243. The average Bonchev–Trinajstić information content (AvgIpc) is 3.36. The molecule has 5 rings (SSSR count). The van der Waals surface area contributed by atoms with Gasteiger partial charge in [0.05, 0.1) is 24.5 Å². The molecule has 4 heterocycles. The van der Waals surface area contributed by atoms with Crippen molar-refractivity contribution in [2.24, 2.45) is 0 Å². The largest absolute Gasteiger partial charge is 0.510 e. The zero-order valence-corrected chi connectivity index (χ0v) is 20.1. The maximum atomic E-state index is 12.7. The highest BCUT2D eigenvalue weighted by Crippen LogP contribution is 2.27. The van der Waals surface area contributed by atoms with Crippen LogP contribution < -0.4 is 4.74 Å². The number of benzene rings is 1. The van der Waals surface area contributed by atoms with Crippen LogP contribution in [0.5, 0.6) is 5.88 Å². The van der Waals surface area contributed by atoms with Gasteiger partial charge in [-0.1, -0.05) is 18.2 Å². The van der Waals surface area contributed by atoms with Gasteiger partial charge in [0.1, 0.15) is 24.7 Å². The number of rotatable bonds is 8. The van der Waals surface area contributed by atoms with Crippen molar-refractivity contribution in [1.82, 2.24) is 29.7 Å². The van der Waals surface area contributed by atoms with Crippen molar-refractivity contribution in [2.75, 3.05) is 40.0 Å². The average molecular weight is 504 g/mol. The fourth-order valence-corrected chi connectivity index (χ4v) is 3.97. The Morgan fingerprint density at radius 1 is 1.16 bits per heavy atom. The second-order valence-corrected chi connectivity index (χ2v) is 8.32. The molecule has 12 heteroatoms. The predicted octanol–water partition coefficient (Wildman–Crippen LogP) is 2.18. The lowest BCUT2D eigenvalue weighted by atomic mass is 10.2. The summed E-state index contributed by atoms with van der Waals surface area (Å²) < 4.78 is 17.6. The molecule has 0 unspecified atom stereocenters. The highest BCUT2D eigenvalue weighted by molar-refractivity contribution is 6.05. The number of hydrogen-bond acceptors (Lipinski definition) is 10. The van der Waals surface area contributed by atoms with Gasteiger partial charge in [0, 0.05) is 43.2 Å². The Kier molecular flexibility index (Phi) is 7.01. The number of hydrogen-bond donors (Lipinski definition) is 2. The molecular formula is C25H25N7O5. The fraction of sp³-hybridized carbons (Fsp3) is 0.280. The van der Waals surface area contributed by atoms with Crippen LogP contribution in [0.3, 0.4) is 0 Å². The van der Waals surface area contributed by atoms with Gasteiger partial charge in [-0.05, 0) is 18.2 Å². The smallest absolute Gasteiger partial charge is 0.255 e. The van der Waals surface area contributed by atoms with Crippen molar-refractivity contribution in [3.8, 4) is 5.88 Å². The molecule has 190 valence electrons. The minimum Gasteiger partial charge on any atom is -0.510 e. The molecule has 37 heavy (non-hydrogen) atoms. The number of nitrogens with one attached hydrogen (secondary N) is 1. The van der Waals surface area contributed by atoms with Crippen molar-refractivity contribution >= 4 is 28.0 Å². The number of allylic oxidation sites excluding steroid dienone is 1. The summed E-state index contributed by atoms with van der Waals surface area (Å²) >= 11 is 0. The topological polar surface area (TPSA) is 148 Å². The van der Waals surface area contributed by atoms with E-state index in [0.29, 0.717) is 49.1 Å². The summed E-state index contributed by atoms with van der Waals surface area (Å²) in [4.78, 5) is 18.8. The predicted molar refractivity (Wildman–Crippen MR) is 133 cm³/mol. The molecule has 3 aromatic heterocycles. The van der Waals surface area contributed by atoms with Gasteiger partial charge in [-0.3, -0.25) is 15.2 Å². The van der Waals surface area contributed by atoms with Gasteiger partial charge < -0.3 is 24.2 Å². The fourth-order valence-electron chi connectivity index (χ4n) is 3.97. The number of nitrogens with zero attached hydrogens (tertiary/aromatic N) is 6. The van der Waals surface area contributed by atoms with Gasteiger partial charge in [-0.25, -0.2) is 0 Å². The van der Waals surface area contributed by atoms with Crippen LogP contribution in [-0.4, -0.2) is 86.4 Å². The van der Waals surface area contributed by atoms with Gasteiger partial charge in [0.25, 0.3) is 5.91 Å². The molecule has 0 saturated carbocycles. The van der Waals surface area contributed by atoms with Crippen molar-refractivity contribution in [1.29, 1.82) is 5.41 Å². The number of pyridine rings is 1. The van der Waals surface area contributed by atoms with E-state index < -0.39 is 0 Å². The highest BCUT2D eigenvalue weighted by Gasteiger charge is 2.20. The summed E-state index contributed by atoms with van der Waals surface area (Å²) in [6.45, 7) is 2.28. The Balaban J connectivity index is 1.40. The number of amides is 1. The number of aliphatic hydroxyl groups excluding tert-OH is 1. The van der Waals surface area contributed by atoms with Crippen LogP contribution in [0.15, 0.2) is 54.4 Å². The van der Waals surface area contributed by atoms with E-state index in [0.717, 1.165) is 10.8 Å². The first-order valence-electron chi connectivity index (χ1n) is 11.6. The Labute approximate surface area is 211 Å². The van der Waals surface area contributed by atoms with Crippen LogP contribution >= 0.6 is 0 Å². The second-order valence-electron chi connectivity index (χ2n) is 8.32. The first kappa shape index (κ1) is 24.3. The molecule has 0 atom stereocenters. The number of aliphatic hydroxyl groups is 1. The van der Waals surface area contributed by atoms with E-state index in [4.69, 9.17) is 19.6 Å². The number of aromatic nitrogens is 5. The molecule has 1 aromatic carbocycles. The summed E-state index contributed by atoms with van der Waals surface area (Å²) in [6, 6.07) is 10.9. The van der Waals surface area contributed by atoms with Crippen molar-refractivity contribution in [3.05, 3.63) is 71.5 Å². The third-order valence-corrected chi connectivity index (χ3v) is 5.80. The molecule has 1 aliphatic heterocycles. The molecule has 1 fully saturated rings. The number of morpholine rings is 1. The molecule has 0 radical (unpaired) electrons. The van der Waals surface area contributed by atoms with Crippen LogP contribution in [0.1, 0.15) is 21.9 Å². The minimum atomic E-state index is -0.122. The standard InChI is InChI=1S/C25H25N7O5/c1-35-15-18(33)12-21(26)23-29-28-22-19-4-2-3-5-20(19)24(30-32(22)23)37-14-17-7-6-16(13-27-17)25(34)31-8-10-36-11-9-31/h2-7,12-13,26,33H,8-11,14-15H2,1H3/b18-12-,26-21?. The number of carbonyl (C=O) groups excluding carboxylic acids is 1. The number of carbonyl (C=O) groups is 1. The maximum Gasteiger partial charge on any atom is 0.255 e. The van der Waals surface area contributed by atoms with Gasteiger partial charge in [-0.2, -0.15) is 4.52 Å². The van der Waals surface area contributed by atoms with E-state index in [-0.39, 0.29) is 36.4 Å². The lowest BCUT2D eigenvalue weighted by Gasteiger charge is -2.26. The zero-order valence-electron chi connectivity index (χ0n) is 20.1. The first-order chi connectivity index (χ1) is 18.0. The summed E-state index contributed by atoms with van der Waals surface area (Å²) in [5, 5.41) is 32.6. The molecule has 1 saturated heterocycles. The first-order valence-corrected chi connectivity index (χ1v) is 11.6. The van der Waals surface area contributed by atoms with E-state index >= 15 is 0 Å². The number of fused-ring (bicyclic) bond motifs is 3. The Morgan fingerprint density at radius 2 is 1.95 bits per heavy atom. The molecule has 12 nitrogen and oxygen atoms in total. The minimum absolute atomic E-state index is 0.0341. The normalized spacial score (nSPS) is 14.3. The monoisotopic (exact) mass is 503 g/mol. The molecule has 4 aromatic rings. The Bertz CT molecular complexity index is 1480. The van der Waals surface area contributed by atoms with Gasteiger partial charge in [0.15, 0.2) is 5.65 Å². The lowest BCUT2D eigenvalue weighted by molar-refractivity contribution is 0.0302. The van der Waals surface area contributed by atoms with Crippen molar-refractivity contribution in [3.63, 3.8) is 0 Å². The van der Waals surface area contributed by atoms with E-state index in [1.807, 2.05) is 24.3 Å². The zero-order chi connectivity index (χ0) is 25.8. The molecular weight excluding hydrogens is 478 g/mol. The molecule has 2 N–H and O–H groups in total. The number of methoxy groups -OCH3 is 1. The highest BCUT2D eigenvalue weighted by atomic mass is 16.5. The van der Waals surface area contributed by atoms with E-state index in [1.165, 1.54) is 17.7 Å². The van der Waals surface area contributed by atoms with Crippen LogP contribution in [0, 0.1) is 5.41 Å². The van der Waals surface area contributed by atoms with Crippen LogP contribution in [0.4, 0.5) is 0 Å². The molecule has 0 spiro atoms. The molecule has 1 amide bonds. The number of ether oxygens (including phenoxy) is 3. The summed E-state index contributed by atoms with van der Waals surface area (Å²) in [7, 11) is 1.45. The quantitative estimate of drug-likeness (QED) is 0.273.